The third-order valence-electron chi connectivity index (χ3n) is 4.71. The second-order valence-corrected chi connectivity index (χ2v) is 9.14. The Balaban J connectivity index is 1.47. The molecule has 8 nitrogen and oxygen atoms in total. The number of nitrogens with one attached hydrogen (secondary N) is 1. The Labute approximate surface area is 183 Å². The summed E-state index contributed by atoms with van der Waals surface area (Å²) >= 11 is 8.93. The zero-order valence-electron chi connectivity index (χ0n) is 15.7. The molecule has 11 heteroatoms. The lowest BCUT2D eigenvalue weighted by molar-refractivity contribution is -0.116. The van der Waals surface area contributed by atoms with E-state index in [0.29, 0.717) is 32.1 Å². The number of fused-ring (bicyclic) bond motifs is 2. The van der Waals surface area contributed by atoms with Gasteiger partial charge in [0.15, 0.2) is 15.9 Å². The summed E-state index contributed by atoms with van der Waals surface area (Å²) in [5.74, 6) is 0.424. The number of aryl methyl sites for hydroxylation is 1. The van der Waals surface area contributed by atoms with E-state index in [4.69, 9.17) is 11.6 Å². The number of halogens is 1. The average molecular weight is 459 g/mol. The second kappa shape index (κ2) is 7.53. The van der Waals surface area contributed by atoms with E-state index in [1.165, 1.54) is 29.3 Å². The Morgan fingerprint density at radius 1 is 1.37 bits per heavy atom. The number of thioether (sulfide) groups is 1. The lowest BCUT2D eigenvalue weighted by Gasteiger charge is -2.12. The van der Waals surface area contributed by atoms with Gasteiger partial charge < -0.3 is 5.32 Å². The van der Waals surface area contributed by atoms with E-state index in [9.17, 15) is 9.59 Å². The van der Waals surface area contributed by atoms with Crippen LogP contribution in [0.1, 0.15) is 18.2 Å². The summed E-state index contributed by atoms with van der Waals surface area (Å²) < 4.78 is 3.21. The van der Waals surface area contributed by atoms with Gasteiger partial charge in [0.25, 0.3) is 5.56 Å². The van der Waals surface area contributed by atoms with Crippen molar-refractivity contribution >= 4 is 56.8 Å². The number of carbonyl (C=O) groups excluding carboxylic acids is 1. The van der Waals surface area contributed by atoms with Crippen LogP contribution in [0, 0.1) is 6.92 Å². The normalized spacial score (nSPS) is 15.5. The molecule has 1 aromatic carbocycles. The maximum absolute atomic E-state index is 13.2. The van der Waals surface area contributed by atoms with Crippen LogP contribution in [0.25, 0.3) is 16.7 Å². The molecule has 0 saturated carbocycles. The Hall–Kier alpha value is -2.69. The summed E-state index contributed by atoms with van der Waals surface area (Å²) in [5.41, 5.74) is 1.86. The molecule has 0 radical (unpaired) electrons. The monoisotopic (exact) mass is 458 g/mol. The molecule has 1 aliphatic rings. The summed E-state index contributed by atoms with van der Waals surface area (Å²) in [6.07, 6.45) is 1.69. The van der Waals surface area contributed by atoms with Crippen molar-refractivity contribution < 1.29 is 4.79 Å². The first-order valence-electron chi connectivity index (χ1n) is 9.10. The molecule has 3 aromatic heterocycles. The first-order valence-corrected chi connectivity index (χ1v) is 11.3. The fourth-order valence-corrected chi connectivity index (χ4v) is 5.39. The molecule has 0 bridgehead atoms. The number of hydrogen-bond acceptors (Lipinski definition) is 7. The molecule has 0 spiro atoms. The number of amides is 1. The lowest BCUT2D eigenvalue weighted by Crippen LogP contribution is -2.27. The molecule has 1 aliphatic heterocycles. The number of nitrogens with zero attached hydrogens (tertiary/aromatic N) is 5. The average Bonchev–Trinajstić information content (AvgIpc) is 3.41. The van der Waals surface area contributed by atoms with E-state index >= 15 is 0 Å². The van der Waals surface area contributed by atoms with Crippen molar-refractivity contribution in [1.29, 1.82) is 0 Å². The van der Waals surface area contributed by atoms with Gasteiger partial charge in [0.05, 0.1) is 23.6 Å². The van der Waals surface area contributed by atoms with Gasteiger partial charge in [-0.05, 0) is 25.1 Å². The number of carbonyl (C=O) groups is 1. The molecule has 1 amide bonds. The molecule has 1 atom stereocenters. The molecular formula is C19H15ClN6O2S2. The van der Waals surface area contributed by atoms with Crippen molar-refractivity contribution in [3.05, 3.63) is 56.9 Å². The fraction of sp³-hybridized carbons (Fsp3) is 0.211. The highest BCUT2D eigenvalue weighted by molar-refractivity contribution is 7.99. The van der Waals surface area contributed by atoms with Gasteiger partial charge in [-0.25, -0.2) is 14.6 Å². The molecule has 5 rings (SSSR count). The number of aromatic nitrogens is 5. The van der Waals surface area contributed by atoms with E-state index in [0.717, 1.165) is 11.4 Å². The highest BCUT2D eigenvalue weighted by Gasteiger charge is 2.29. The maximum atomic E-state index is 13.2. The van der Waals surface area contributed by atoms with Gasteiger partial charge in [0.1, 0.15) is 5.39 Å². The van der Waals surface area contributed by atoms with Gasteiger partial charge >= 0.3 is 0 Å². The number of anilines is 1. The van der Waals surface area contributed by atoms with Crippen LogP contribution < -0.4 is 10.9 Å². The van der Waals surface area contributed by atoms with E-state index in [1.54, 1.807) is 21.4 Å². The summed E-state index contributed by atoms with van der Waals surface area (Å²) in [6.45, 7) is 1.87. The highest BCUT2D eigenvalue weighted by atomic mass is 35.5. The van der Waals surface area contributed by atoms with Gasteiger partial charge in [0.2, 0.25) is 5.91 Å². The van der Waals surface area contributed by atoms with Crippen molar-refractivity contribution in [2.75, 3.05) is 11.1 Å². The largest absolute Gasteiger partial charge is 0.302 e. The van der Waals surface area contributed by atoms with Crippen LogP contribution >= 0.6 is 34.7 Å². The minimum Gasteiger partial charge on any atom is -0.302 e. The third kappa shape index (κ3) is 3.40. The predicted octanol–water partition coefficient (Wildman–Crippen LogP) is 3.68. The van der Waals surface area contributed by atoms with Crippen LogP contribution in [0.4, 0.5) is 5.13 Å². The van der Waals surface area contributed by atoms with Crippen LogP contribution in [-0.4, -0.2) is 36.0 Å². The molecule has 0 fully saturated rings. The molecule has 0 saturated heterocycles. The number of thiazole rings is 1. The smallest absolute Gasteiger partial charge is 0.265 e. The highest BCUT2D eigenvalue weighted by Crippen LogP contribution is 2.33. The number of hydrogen-bond donors (Lipinski definition) is 1. The van der Waals surface area contributed by atoms with Crippen molar-refractivity contribution in [1.82, 2.24) is 24.3 Å². The SMILES string of the molecule is Cc1csc(NC(=O)CC2CSc3nc4c(cnn4-c4cccc(Cl)c4)c(=O)n32)n1. The summed E-state index contributed by atoms with van der Waals surface area (Å²) in [4.78, 5) is 34.6. The third-order valence-corrected chi connectivity index (χ3v) is 6.92. The van der Waals surface area contributed by atoms with Gasteiger partial charge in [-0.15, -0.1) is 11.3 Å². The van der Waals surface area contributed by atoms with Crippen LogP contribution in [-0.2, 0) is 4.79 Å². The summed E-state index contributed by atoms with van der Waals surface area (Å²) in [7, 11) is 0. The van der Waals surface area contributed by atoms with Crippen molar-refractivity contribution in [3.63, 3.8) is 0 Å². The van der Waals surface area contributed by atoms with Crippen LogP contribution in [0.2, 0.25) is 5.02 Å². The van der Waals surface area contributed by atoms with Gasteiger partial charge in [-0.2, -0.15) is 5.10 Å². The molecule has 0 aliphatic carbocycles. The van der Waals surface area contributed by atoms with Crippen molar-refractivity contribution in [2.45, 2.75) is 24.5 Å². The number of rotatable bonds is 4. The van der Waals surface area contributed by atoms with Crippen LogP contribution in [0.3, 0.4) is 0 Å². The van der Waals surface area contributed by atoms with E-state index in [1.807, 2.05) is 24.4 Å². The van der Waals surface area contributed by atoms with Crippen molar-refractivity contribution in [2.24, 2.45) is 0 Å². The topological polar surface area (TPSA) is 94.7 Å². The van der Waals surface area contributed by atoms with Crippen molar-refractivity contribution in [3.8, 4) is 5.69 Å². The second-order valence-electron chi connectivity index (χ2n) is 6.85. The van der Waals surface area contributed by atoms with E-state index in [-0.39, 0.29) is 23.9 Å². The Bertz CT molecular complexity index is 1340. The standard InChI is InChI=1S/C19H15ClN6O2S2/c1-10-8-29-18(22-10)23-15(27)6-13-9-30-19-24-16-14(17(28)25(13)19)7-21-26(16)12-4-2-3-11(20)5-12/h2-5,7-8,13H,6,9H2,1H3,(H,22,23,27). The molecule has 30 heavy (non-hydrogen) atoms. The molecule has 152 valence electrons. The van der Waals surface area contributed by atoms with E-state index in [2.05, 4.69) is 20.4 Å². The molecule has 1 N–H and O–H groups in total. The Kier molecular flexibility index (Phi) is 4.84. The first kappa shape index (κ1) is 19.3. The Morgan fingerprint density at radius 2 is 2.23 bits per heavy atom. The molecule has 4 heterocycles. The van der Waals surface area contributed by atoms with Crippen LogP contribution in [0.15, 0.2) is 45.8 Å². The van der Waals surface area contributed by atoms with Crippen LogP contribution in [0.5, 0.6) is 0 Å². The first-order chi connectivity index (χ1) is 14.5. The minimum absolute atomic E-state index is 0.175. The van der Waals surface area contributed by atoms with Gasteiger partial charge in [-0.1, -0.05) is 29.4 Å². The zero-order chi connectivity index (χ0) is 20.8. The zero-order valence-corrected chi connectivity index (χ0v) is 18.1. The predicted molar refractivity (Wildman–Crippen MR) is 118 cm³/mol. The quantitative estimate of drug-likeness (QED) is 0.469. The fourth-order valence-electron chi connectivity index (χ4n) is 3.37. The van der Waals surface area contributed by atoms with Gasteiger partial charge in [0, 0.05) is 22.6 Å². The molecule has 4 aromatic rings. The van der Waals surface area contributed by atoms with E-state index < -0.39 is 0 Å². The maximum Gasteiger partial charge on any atom is 0.265 e. The Morgan fingerprint density at radius 3 is 3.00 bits per heavy atom. The summed E-state index contributed by atoms with van der Waals surface area (Å²) in [6, 6.07) is 6.94. The number of benzene rings is 1. The summed E-state index contributed by atoms with van der Waals surface area (Å²) in [5, 5.41) is 11.1. The molecule has 1 unspecified atom stereocenters. The molecular weight excluding hydrogens is 444 g/mol. The minimum atomic E-state index is -0.273. The lowest BCUT2D eigenvalue weighted by atomic mass is 10.2. The van der Waals surface area contributed by atoms with Gasteiger partial charge in [-0.3, -0.25) is 14.2 Å².